The van der Waals surface area contributed by atoms with Crippen molar-refractivity contribution >= 4 is 11.1 Å². The molecule has 146 valence electrons. The normalized spacial score (nSPS) is 19.0. The average molecular weight is 363 g/mol. The Labute approximate surface area is 167 Å². The second-order valence-electron chi connectivity index (χ2n) is 8.34. The third kappa shape index (κ3) is 4.48. The van der Waals surface area contributed by atoms with E-state index in [4.69, 9.17) is 0 Å². The summed E-state index contributed by atoms with van der Waals surface area (Å²) in [6.07, 6.45) is 16.8. The first-order valence-electron chi connectivity index (χ1n) is 11.4. The van der Waals surface area contributed by atoms with Crippen LogP contribution in [0.3, 0.4) is 0 Å². The smallest absolute Gasteiger partial charge is 0.00565 e. The molecule has 0 spiro atoms. The molecule has 1 aromatic carbocycles. The van der Waals surface area contributed by atoms with Gasteiger partial charge in [0.05, 0.1) is 0 Å². The van der Waals surface area contributed by atoms with E-state index in [-0.39, 0.29) is 0 Å². The molecule has 2 aliphatic rings. The van der Waals surface area contributed by atoms with Gasteiger partial charge in [-0.1, -0.05) is 74.3 Å². The minimum Gasteiger partial charge on any atom is -0.0838 e. The standard InChI is InChI=1S/C27H38/c1-5-9-15-26(27(22-18-19-22)21-13-12-14-21)23(8-4)25-17-11-10-16-24(25)20(6-2)7-3/h6,8,10-11,16-17,22,26H,5,7,9,12-15,18-19H2,1-4H3. The van der Waals surface area contributed by atoms with Gasteiger partial charge in [0.2, 0.25) is 0 Å². The van der Waals surface area contributed by atoms with Crippen LogP contribution >= 0.6 is 0 Å². The Bertz CT molecular complexity index is 718. The summed E-state index contributed by atoms with van der Waals surface area (Å²) < 4.78 is 0. The number of benzene rings is 1. The minimum absolute atomic E-state index is 0.633. The largest absolute Gasteiger partial charge is 0.0838 e. The van der Waals surface area contributed by atoms with Gasteiger partial charge in [-0.15, -0.1) is 0 Å². The molecule has 0 aromatic heterocycles. The fraction of sp³-hybridized carbons (Fsp3) is 0.556. The molecule has 0 heteroatoms. The van der Waals surface area contributed by atoms with Gasteiger partial charge in [0.25, 0.3) is 0 Å². The molecule has 2 saturated carbocycles. The summed E-state index contributed by atoms with van der Waals surface area (Å²) >= 11 is 0. The first kappa shape index (κ1) is 20.2. The van der Waals surface area contributed by atoms with Crippen molar-refractivity contribution in [2.24, 2.45) is 11.8 Å². The number of unbranched alkanes of at least 4 members (excludes halogenated alkanes) is 1. The van der Waals surface area contributed by atoms with Crippen LogP contribution in [0.15, 0.2) is 47.6 Å². The van der Waals surface area contributed by atoms with Crippen molar-refractivity contribution in [1.29, 1.82) is 0 Å². The van der Waals surface area contributed by atoms with Crippen LogP contribution in [0.1, 0.15) is 96.6 Å². The molecule has 0 nitrogen and oxygen atoms in total. The molecule has 0 saturated heterocycles. The second-order valence-corrected chi connectivity index (χ2v) is 8.34. The van der Waals surface area contributed by atoms with Crippen molar-refractivity contribution in [3.63, 3.8) is 0 Å². The lowest BCUT2D eigenvalue weighted by Gasteiger charge is -2.31. The molecule has 0 N–H and O–H groups in total. The van der Waals surface area contributed by atoms with Crippen LogP contribution in [-0.2, 0) is 0 Å². The number of allylic oxidation sites excluding steroid dienone is 6. The van der Waals surface area contributed by atoms with Gasteiger partial charge in [-0.05, 0) is 87.0 Å². The maximum atomic E-state index is 2.43. The summed E-state index contributed by atoms with van der Waals surface area (Å²) in [5, 5.41) is 0. The lowest BCUT2D eigenvalue weighted by molar-refractivity contribution is 0.559. The third-order valence-corrected chi connectivity index (χ3v) is 6.60. The van der Waals surface area contributed by atoms with Gasteiger partial charge in [-0.25, -0.2) is 0 Å². The first-order valence-corrected chi connectivity index (χ1v) is 11.4. The molecule has 0 aliphatic heterocycles. The highest BCUT2D eigenvalue weighted by Gasteiger charge is 2.36. The highest BCUT2D eigenvalue weighted by atomic mass is 14.4. The number of hydrogen-bond donors (Lipinski definition) is 0. The monoisotopic (exact) mass is 362 g/mol. The molecule has 3 rings (SSSR count). The summed E-state index contributed by atoms with van der Waals surface area (Å²) in [6, 6.07) is 9.15. The Hall–Kier alpha value is -1.56. The van der Waals surface area contributed by atoms with Gasteiger partial charge in [0.1, 0.15) is 0 Å². The van der Waals surface area contributed by atoms with E-state index in [1.807, 2.05) is 11.1 Å². The van der Waals surface area contributed by atoms with E-state index in [1.165, 1.54) is 68.1 Å². The molecule has 0 heterocycles. The fourth-order valence-electron chi connectivity index (χ4n) is 4.85. The molecule has 1 aromatic rings. The third-order valence-electron chi connectivity index (χ3n) is 6.60. The molecular weight excluding hydrogens is 324 g/mol. The Morgan fingerprint density at radius 1 is 1.04 bits per heavy atom. The second kappa shape index (κ2) is 9.58. The highest BCUT2D eigenvalue weighted by molar-refractivity contribution is 5.81. The van der Waals surface area contributed by atoms with Crippen molar-refractivity contribution in [3.05, 3.63) is 58.7 Å². The molecule has 2 fully saturated rings. The Kier molecular flexibility index (Phi) is 7.16. The SMILES string of the molecule is CC=C(CC)c1ccccc1C(=CC)C(CCCC)C(=C1CCC1)C1CC1. The minimum atomic E-state index is 0.633. The lowest BCUT2D eigenvalue weighted by atomic mass is 9.73. The lowest BCUT2D eigenvalue weighted by Crippen LogP contribution is -2.16. The van der Waals surface area contributed by atoms with Crippen LogP contribution < -0.4 is 0 Å². The Balaban J connectivity index is 2.06. The zero-order chi connectivity index (χ0) is 19.2. The van der Waals surface area contributed by atoms with Crippen molar-refractivity contribution in [2.45, 2.75) is 85.5 Å². The van der Waals surface area contributed by atoms with Gasteiger partial charge in [0, 0.05) is 5.92 Å². The van der Waals surface area contributed by atoms with Crippen molar-refractivity contribution in [2.75, 3.05) is 0 Å². The Morgan fingerprint density at radius 3 is 2.22 bits per heavy atom. The maximum absolute atomic E-state index is 2.43. The molecule has 1 atom stereocenters. The average Bonchev–Trinajstić information content (AvgIpc) is 3.49. The van der Waals surface area contributed by atoms with Crippen LogP contribution in [0.2, 0.25) is 0 Å². The predicted octanol–water partition coefficient (Wildman–Crippen LogP) is 8.60. The summed E-state index contributed by atoms with van der Waals surface area (Å²) in [5.74, 6) is 1.52. The van der Waals surface area contributed by atoms with E-state index in [0.717, 1.165) is 12.3 Å². The van der Waals surface area contributed by atoms with Gasteiger partial charge < -0.3 is 0 Å². The topological polar surface area (TPSA) is 0 Å². The van der Waals surface area contributed by atoms with E-state index < -0.39 is 0 Å². The van der Waals surface area contributed by atoms with Crippen LogP contribution in [0.4, 0.5) is 0 Å². The van der Waals surface area contributed by atoms with Gasteiger partial charge in [-0.2, -0.15) is 0 Å². The quantitative estimate of drug-likeness (QED) is 0.386. The Morgan fingerprint density at radius 2 is 1.74 bits per heavy atom. The molecule has 0 radical (unpaired) electrons. The maximum Gasteiger partial charge on any atom is 0.00565 e. The highest BCUT2D eigenvalue weighted by Crippen LogP contribution is 2.51. The van der Waals surface area contributed by atoms with Crippen molar-refractivity contribution < 1.29 is 0 Å². The zero-order valence-electron chi connectivity index (χ0n) is 18.0. The summed E-state index contributed by atoms with van der Waals surface area (Å²) in [6.45, 7) is 9.07. The van der Waals surface area contributed by atoms with Crippen molar-refractivity contribution in [1.82, 2.24) is 0 Å². The van der Waals surface area contributed by atoms with Crippen LogP contribution in [0.5, 0.6) is 0 Å². The van der Waals surface area contributed by atoms with Gasteiger partial charge in [-0.3, -0.25) is 0 Å². The molecule has 2 aliphatic carbocycles. The number of hydrogen-bond acceptors (Lipinski definition) is 0. The summed E-state index contributed by atoms with van der Waals surface area (Å²) in [7, 11) is 0. The van der Waals surface area contributed by atoms with Crippen LogP contribution in [-0.4, -0.2) is 0 Å². The van der Waals surface area contributed by atoms with E-state index >= 15 is 0 Å². The predicted molar refractivity (Wildman–Crippen MR) is 121 cm³/mol. The molecule has 0 bridgehead atoms. The zero-order valence-corrected chi connectivity index (χ0v) is 18.0. The first-order chi connectivity index (χ1) is 13.2. The van der Waals surface area contributed by atoms with Crippen LogP contribution in [0.25, 0.3) is 11.1 Å². The number of rotatable bonds is 9. The molecule has 27 heavy (non-hydrogen) atoms. The van der Waals surface area contributed by atoms with Crippen molar-refractivity contribution in [3.8, 4) is 0 Å². The van der Waals surface area contributed by atoms with Gasteiger partial charge >= 0.3 is 0 Å². The summed E-state index contributed by atoms with van der Waals surface area (Å²) in [5.41, 5.74) is 9.67. The van der Waals surface area contributed by atoms with E-state index in [2.05, 4.69) is 64.1 Å². The van der Waals surface area contributed by atoms with E-state index in [9.17, 15) is 0 Å². The fourth-order valence-corrected chi connectivity index (χ4v) is 4.85. The molecule has 1 unspecified atom stereocenters. The van der Waals surface area contributed by atoms with Crippen LogP contribution in [0, 0.1) is 11.8 Å². The summed E-state index contributed by atoms with van der Waals surface area (Å²) in [4.78, 5) is 0. The molecular formula is C27H38. The molecule has 0 amide bonds. The van der Waals surface area contributed by atoms with E-state index in [0.29, 0.717) is 5.92 Å². The van der Waals surface area contributed by atoms with E-state index in [1.54, 1.807) is 5.57 Å². The van der Waals surface area contributed by atoms with Gasteiger partial charge in [0.15, 0.2) is 0 Å².